The SMILES string of the molecule is CCCC(CN(CC)c1ccc(C)cc1)NCC. The molecule has 0 heterocycles. The fraction of sp³-hybridized carbons (Fsp3) is 0.625. The monoisotopic (exact) mass is 248 g/mol. The molecule has 0 aliphatic rings. The molecule has 102 valence electrons. The molecule has 0 spiro atoms. The van der Waals surface area contributed by atoms with Crippen molar-refractivity contribution in [1.29, 1.82) is 0 Å². The Morgan fingerprint density at radius 2 is 1.78 bits per heavy atom. The van der Waals surface area contributed by atoms with Gasteiger partial charge in [0, 0.05) is 24.8 Å². The average Bonchev–Trinajstić information content (AvgIpc) is 2.37. The first kappa shape index (κ1) is 15.0. The van der Waals surface area contributed by atoms with Gasteiger partial charge in [-0.25, -0.2) is 0 Å². The third kappa shape index (κ3) is 4.69. The van der Waals surface area contributed by atoms with Crippen LogP contribution in [0.25, 0.3) is 0 Å². The van der Waals surface area contributed by atoms with Gasteiger partial charge in [-0.15, -0.1) is 0 Å². The molecule has 2 heteroatoms. The van der Waals surface area contributed by atoms with Crippen molar-refractivity contribution in [3.8, 4) is 0 Å². The molecule has 0 aromatic heterocycles. The van der Waals surface area contributed by atoms with Gasteiger partial charge in [0.05, 0.1) is 0 Å². The second kappa shape index (κ2) is 8.15. The maximum Gasteiger partial charge on any atom is 0.0366 e. The normalized spacial score (nSPS) is 12.4. The lowest BCUT2D eigenvalue weighted by atomic mass is 10.1. The number of anilines is 1. The average molecular weight is 248 g/mol. The summed E-state index contributed by atoms with van der Waals surface area (Å²) < 4.78 is 0. The summed E-state index contributed by atoms with van der Waals surface area (Å²) in [4.78, 5) is 2.46. The second-order valence-corrected chi connectivity index (χ2v) is 4.92. The molecular formula is C16H28N2. The zero-order valence-electron chi connectivity index (χ0n) is 12.4. The third-order valence-corrected chi connectivity index (χ3v) is 3.35. The minimum Gasteiger partial charge on any atom is -0.370 e. The Hall–Kier alpha value is -1.02. The molecule has 0 saturated heterocycles. The number of hydrogen-bond acceptors (Lipinski definition) is 2. The van der Waals surface area contributed by atoms with Gasteiger partial charge >= 0.3 is 0 Å². The van der Waals surface area contributed by atoms with E-state index >= 15 is 0 Å². The summed E-state index contributed by atoms with van der Waals surface area (Å²) in [5.41, 5.74) is 2.66. The highest BCUT2D eigenvalue weighted by Gasteiger charge is 2.11. The first-order valence-corrected chi connectivity index (χ1v) is 7.26. The van der Waals surface area contributed by atoms with E-state index in [0.29, 0.717) is 6.04 Å². The fourth-order valence-electron chi connectivity index (χ4n) is 2.33. The molecule has 1 rings (SSSR count). The molecule has 0 radical (unpaired) electrons. The van der Waals surface area contributed by atoms with Crippen LogP contribution in [0.4, 0.5) is 5.69 Å². The summed E-state index contributed by atoms with van der Waals surface area (Å²) in [5, 5.41) is 3.59. The molecular weight excluding hydrogens is 220 g/mol. The summed E-state index contributed by atoms with van der Waals surface area (Å²) in [7, 11) is 0. The molecule has 0 aliphatic heterocycles. The van der Waals surface area contributed by atoms with Crippen LogP contribution in [0.3, 0.4) is 0 Å². The van der Waals surface area contributed by atoms with Gasteiger partial charge in [-0.1, -0.05) is 38.0 Å². The van der Waals surface area contributed by atoms with Crippen LogP contribution in [0.1, 0.15) is 39.2 Å². The van der Waals surface area contributed by atoms with Crippen LogP contribution in [0.15, 0.2) is 24.3 Å². The van der Waals surface area contributed by atoms with Gasteiger partial charge < -0.3 is 10.2 Å². The van der Waals surface area contributed by atoms with Crippen molar-refractivity contribution in [3.63, 3.8) is 0 Å². The molecule has 0 bridgehead atoms. The first-order chi connectivity index (χ1) is 8.71. The summed E-state index contributed by atoms with van der Waals surface area (Å²) in [6.07, 6.45) is 2.49. The van der Waals surface area contributed by atoms with Gasteiger partial charge in [-0.3, -0.25) is 0 Å². The molecule has 18 heavy (non-hydrogen) atoms. The van der Waals surface area contributed by atoms with Crippen molar-refractivity contribution in [2.24, 2.45) is 0 Å². The first-order valence-electron chi connectivity index (χ1n) is 7.26. The van der Waals surface area contributed by atoms with E-state index in [0.717, 1.165) is 19.6 Å². The molecule has 0 amide bonds. The maximum atomic E-state index is 3.59. The van der Waals surface area contributed by atoms with Crippen LogP contribution >= 0.6 is 0 Å². The topological polar surface area (TPSA) is 15.3 Å². The lowest BCUT2D eigenvalue weighted by molar-refractivity contribution is 0.482. The van der Waals surface area contributed by atoms with Gasteiger partial charge in [0.15, 0.2) is 0 Å². The zero-order valence-corrected chi connectivity index (χ0v) is 12.4. The minimum absolute atomic E-state index is 0.598. The number of nitrogens with zero attached hydrogens (tertiary/aromatic N) is 1. The van der Waals surface area contributed by atoms with E-state index < -0.39 is 0 Å². The summed E-state index contributed by atoms with van der Waals surface area (Å²) in [6.45, 7) is 12.0. The van der Waals surface area contributed by atoms with Crippen LogP contribution in [0, 0.1) is 6.92 Å². The summed E-state index contributed by atoms with van der Waals surface area (Å²) in [5.74, 6) is 0. The van der Waals surface area contributed by atoms with Crippen LogP contribution in [0.5, 0.6) is 0 Å². The Balaban J connectivity index is 2.67. The highest BCUT2D eigenvalue weighted by Crippen LogP contribution is 2.16. The van der Waals surface area contributed by atoms with Crippen LogP contribution in [-0.2, 0) is 0 Å². The maximum absolute atomic E-state index is 3.59. The molecule has 1 aromatic carbocycles. The Morgan fingerprint density at radius 1 is 1.11 bits per heavy atom. The van der Waals surface area contributed by atoms with Gasteiger partial charge in [0.2, 0.25) is 0 Å². The number of benzene rings is 1. The number of aryl methyl sites for hydroxylation is 1. The van der Waals surface area contributed by atoms with Crippen molar-refractivity contribution in [2.75, 3.05) is 24.5 Å². The number of nitrogens with one attached hydrogen (secondary N) is 1. The predicted molar refractivity (Wildman–Crippen MR) is 81.4 cm³/mol. The summed E-state index contributed by atoms with van der Waals surface area (Å²) >= 11 is 0. The molecule has 1 atom stereocenters. The van der Waals surface area contributed by atoms with E-state index in [-0.39, 0.29) is 0 Å². The van der Waals surface area contributed by atoms with E-state index in [9.17, 15) is 0 Å². The van der Waals surface area contributed by atoms with Crippen molar-refractivity contribution < 1.29 is 0 Å². The standard InChI is InChI=1S/C16H28N2/c1-5-8-15(17-6-2)13-18(7-3)16-11-9-14(4)10-12-16/h9-12,15,17H,5-8,13H2,1-4H3. The predicted octanol–water partition coefficient (Wildman–Crippen LogP) is 3.60. The fourth-order valence-corrected chi connectivity index (χ4v) is 2.33. The van der Waals surface area contributed by atoms with Crippen molar-refractivity contribution in [2.45, 2.75) is 46.6 Å². The van der Waals surface area contributed by atoms with E-state index in [4.69, 9.17) is 0 Å². The van der Waals surface area contributed by atoms with Gasteiger partial charge in [-0.05, 0) is 38.9 Å². The highest BCUT2D eigenvalue weighted by atomic mass is 15.1. The third-order valence-electron chi connectivity index (χ3n) is 3.35. The van der Waals surface area contributed by atoms with E-state index in [1.165, 1.54) is 24.1 Å². The summed E-state index contributed by atoms with van der Waals surface area (Å²) in [6, 6.07) is 9.45. The zero-order chi connectivity index (χ0) is 13.4. The molecule has 0 aliphatic carbocycles. The number of rotatable bonds is 8. The Labute approximate surface area is 112 Å². The molecule has 0 fully saturated rings. The number of likely N-dealkylation sites (N-methyl/N-ethyl adjacent to an activating group) is 2. The van der Waals surface area contributed by atoms with Crippen LogP contribution < -0.4 is 10.2 Å². The van der Waals surface area contributed by atoms with E-state index in [2.05, 4.69) is 62.2 Å². The Morgan fingerprint density at radius 3 is 2.28 bits per heavy atom. The molecule has 0 saturated carbocycles. The van der Waals surface area contributed by atoms with Crippen molar-refractivity contribution >= 4 is 5.69 Å². The Bertz CT molecular complexity index is 312. The van der Waals surface area contributed by atoms with Gasteiger partial charge in [-0.2, -0.15) is 0 Å². The van der Waals surface area contributed by atoms with Crippen LogP contribution in [-0.4, -0.2) is 25.7 Å². The highest BCUT2D eigenvalue weighted by molar-refractivity contribution is 5.47. The largest absolute Gasteiger partial charge is 0.370 e. The minimum atomic E-state index is 0.598. The smallest absolute Gasteiger partial charge is 0.0366 e. The van der Waals surface area contributed by atoms with Crippen LogP contribution in [0.2, 0.25) is 0 Å². The van der Waals surface area contributed by atoms with Crippen molar-refractivity contribution in [1.82, 2.24) is 5.32 Å². The van der Waals surface area contributed by atoms with Gasteiger partial charge in [0.1, 0.15) is 0 Å². The van der Waals surface area contributed by atoms with E-state index in [1.54, 1.807) is 0 Å². The second-order valence-electron chi connectivity index (χ2n) is 4.92. The Kier molecular flexibility index (Phi) is 6.81. The molecule has 1 N–H and O–H groups in total. The molecule has 2 nitrogen and oxygen atoms in total. The number of hydrogen-bond donors (Lipinski definition) is 1. The molecule has 1 unspecified atom stereocenters. The quantitative estimate of drug-likeness (QED) is 0.756. The molecule has 1 aromatic rings. The van der Waals surface area contributed by atoms with Gasteiger partial charge in [0.25, 0.3) is 0 Å². The van der Waals surface area contributed by atoms with E-state index in [1.807, 2.05) is 0 Å². The van der Waals surface area contributed by atoms with Crippen molar-refractivity contribution in [3.05, 3.63) is 29.8 Å². The lowest BCUT2D eigenvalue weighted by Gasteiger charge is -2.29. The lowest BCUT2D eigenvalue weighted by Crippen LogP contribution is -2.41.